The molecule has 0 spiro atoms. The Balaban J connectivity index is 4.28. The van der Waals surface area contributed by atoms with Gasteiger partial charge in [0.05, 0.1) is 0 Å². The Bertz CT molecular complexity index is 1010. The van der Waals surface area contributed by atoms with Crippen LogP contribution in [-0.4, -0.2) is 37.2 Å². The molecule has 1 atom stereocenters. The zero-order chi connectivity index (χ0) is 47.7. The molecule has 0 amide bonds. The van der Waals surface area contributed by atoms with Crippen LogP contribution in [0.4, 0.5) is 0 Å². The summed E-state index contributed by atoms with van der Waals surface area (Å²) in [6, 6.07) is 0. The number of hydrogen-bond donors (Lipinski definition) is 0. The van der Waals surface area contributed by atoms with E-state index in [4.69, 9.17) is 14.2 Å². The molecule has 0 N–H and O–H groups in total. The van der Waals surface area contributed by atoms with E-state index in [9.17, 15) is 14.4 Å². The molecule has 0 saturated carbocycles. The monoisotopic (exact) mass is 919 g/mol. The Hall–Kier alpha value is -1.59. The number of unbranched alkanes of at least 4 members (excludes halogenated alkanes) is 35. The van der Waals surface area contributed by atoms with Crippen molar-refractivity contribution in [3.05, 3.63) is 0 Å². The minimum absolute atomic E-state index is 0.0635. The molecule has 0 radical (unpaired) electrons. The van der Waals surface area contributed by atoms with E-state index in [0.29, 0.717) is 19.3 Å². The molecule has 65 heavy (non-hydrogen) atoms. The molecule has 0 heterocycles. The standard InChI is InChI=1S/C59H114O6/c1-53(2)45-39-33-27-21-15-11-9-7-8-10-12-18-24-30-36-42-48-57(60)63-51-56(65-59(62)50-44-38-32-26-20-14-17-23-29-35-41-47-55(5)6)52-64-58(61)49-43-37-31-25-19-13-16-22-28-34-40-46-54(3)4/h53-56H,7-52H2,1-6H3/t56-/m1/s1. The van der Waals surface area contributed by atoms with Crippen molar-refractivity contribution in [3.8, 4) is 0 Å². The van der Waals surface area contributed by atoms with Gasteiger partial charge in [0.25, 0.3) is 0 Å². The van der Waals surface area contributed by atoms with Crippen LogP contribution in [-0.2, 0) is 28.6 Å². The van der Waals surface area contributed by atoms with Crippen molar-refractivity contribution >= 4 is 17.9 Å². The highest BCUT2D eigenvalue weighted by Gasteiger charge is 2.19. The highest BCUT2D eigenvalue weighted by atomic mass is 16.6. The van der Waals surface area contributed by atoms with Gasteiger partial charge in [0.2, 0.25) is 0 Å². The first-order chi connectivity index (χ1) is 31.6. The van der Waals surface area contributed by atoms with E-state index in [1.165, 1.54) is 205 Å². The maximum Gasteiger partial charge on any atom is 0.306 e. The summed E-state index contributed by atoms with van der Waals surface area (Å²) in [5.41, 5.74) is 0. The Morgan fingerprint density at radius 2 is 0.446 bits per heavy atom. The quantitative estimate of drug-likeness (QED) is 0.0344. The first-order valence-corrected chi connectivity index (χ1v) is 29.1. The van der Waals surface area contributed by atoms with Gasteiger partial charge in [-0.3, -0.25) is 14.4 Å². The second-order valence-electron chi connectivity index (χ2n) is 21.7. The SMILES string of the molecule is CC(C)CCCCCCCCCCCCCCCCCCC(=O)OC[C@H](COC(=O)CCCCCCCCCCCCCC(C)C)OC(=O)CCCCCCCCCCCCCC(C)C. The second kappa shape index (κ2) is 50.3. The molecule has 0 rings (SSSR count). The average molecular weight is 920 g/mol. The first kappa shape index (κ1) is 63.4. The molecule has 6 nitrogen and oxygen atoms in total. The normalized spacial score (nSPS) is 12.1. The molecule has 0 aliphatic heterocycles. The fourth-order valence-electron chi connectivity index (χ4n) is 9.00. The van der Waals surface area contributed by atoms with Gasteiger partial charge in [0.15, 0.2) is 6.10 Å². The van der Waals surface area contributed by atoms with Crippen molar-refractivity contribution in [1.29, 1.82) is 0 Å². The second-order valence-corrected chi connectivity index (χ2v) is 21.7. The Morgan fingerprint density at radius 3 is 0.662 bits per heavy atom. The summed E-state index contributed by atoms with van der Waals surface area (Å²) in [4.78, 5) is 38.1. The highest BCUT2D eigenvalue weighted by molar-refractivity contribution is 5.71. The van der Waals surface area contributed by atoms with E-state index in [2.05, 4.69) is 41.5 Å². The molecular formula is C59H114O6. The maximum absolute atomic E-state index is 12.8. The summed E-state index contributed by atoms with van der Waals surface area (Å²) in [5.74, 6) is 1.66. The molecule has 0 aliphatic rings. The molecule has 0 fully saturated rings. The third kappa shape index (κ3) is 53.2. The van der Waals surface area contributed by atoms with Crippen LogP contribution in [0.1, 0.15) is 324 Å². The lowest BCUT2D eigenvalue weighted by Gasteiger charge is -2.18. The van der Waals surface area contributed by atoms with Crippen LogP contribution in [0.3, 0.4) is 0 Å². The van der Waals surface area contributed by atoms with Crippen LogP contribution in [0.25, 0.3) is 0 Å². The third-order valence-electron chi connectivity index (χ3n) is 13.4. The van der Waals surface area contributed by atoms with Crippen molar-refractivity contribution in [3.63, 3.8) is 0 Å². The van der Waals surface area contributed by atoms with Crippen molar-refractivity contribution in [2.75, 3.05) is 13.2 Å². The smallest absolute Gasteiger partial charge is 0.306 e. The number of carbonyl (C=O) groups is 3. The van der Waals surface area contributed by atoms with Crippen LogP contribution in [0.5, 0.6) is 0 Å². The van der Waals surface area contributed by atoms with Gasteiger partial charge in [0, 0.05) is 19.3 Å². The molecule has 0 unspecified atom stereocenters. The number of rotatable bonds is 52. The van der Waals surface area contributed by atoms with Gasteiger partial charge >= 0.3 is 17.9 Å². The van der Waals surface area contributed by atoms with E-state index in [1.54, 1.807) is 0 Å². The predicted molar refractivity (Wildman–Crippen MR) is 279 cm³/mol. The van der Waals surface area contributed by atoms with E-state index < -0.39 is 6.10 Å². The van der Waals surface area contributed by atoms with Crippen LogP contribution in [0, 0.1) is 17.8 Å². The lowest BCUT2D eigenvalue weighted by atomic mass is 10.0. The Morgan fingerprint density at radius 1 is 0.262 bits per heavy atom. The maximum atomic E-state index is 12.8. The minimum atomic E-state index is -0.764. The molecule has 0 aromatic carbocycles. The lowest BCUT2D eigenvalue weighted by Crippen LogP contribution is -2.30. The largest absolute Gasteiger partial charge is 0.462 e. The summed E-state index contributed by atoms with van der Waals surface area (Å²) in [5, 5.41) is 0. The van der Waals surface area contributed by atoms with E-state index in [1.807, 2.05) is 0 Å². The zero-order valence-corrected chi connectivity index (χ0v) is 44.8. The topological polar surface area (TPSA) is 78.9 Å². The van der Waals surface area contributed by atoms with Crippen LogP contribution in [0.2, 0.25) is 0 Å². The minimum Gasteiger partial charge on any atom is -0.462 e. The summed E-state index contributed by atoms with van der Waals surface area (Å²) < 4.78 is 16.9. The number of esters is 3. The molecule has 0 saturated heterocycles. The van der Waals surface area contributed by atoms with Gasteiger partial charge < -0.3 is 14.2 Å². The molecule has 0 aromatic heterocycles. The van der Waals surface area contributed by atoms with Gasteiger partial charge in [-0.1, -0.05) is 286 Å². The lowest BCUT2D eigenvalue weighted by molar-refractivity contribution is -0.167. The van der Waals surface area contributed by atoms with E-state index in [-0.39, 0.29) is 31.1 Å². The summed E-state index contributed by atoms with van der Waals surface area (Å²) >= 11 is 0. The molecule has 0 bridgehead atoms. The van der Waals surface area contributed by atoms with Crippen molar-refractivity contribution in [2.45, 2.75) is 330 Å². The highest BCUT2D eigenvalue weighted by Crippen LogP contribution is 2.18. The van der Waals surface area contributed by atoms with Crippen molar-refractivity contribution in [2.24, 2.45) is 17.8 Å². The molecule has 0 aromatic rings. The van der Waals surface area contributed by atoms with Crippen molar-refractivity contribution in [1.82, 2.24) is 0 Å². The number of ether oxygens (including phenoxy) is 3. The van der Waals surface area contributed by atoms with Gasteiger partial charge in [-0.15, -0.1) is 0 Å². The van der Waals surface area contributed by atoms with Gasteiger partial charge in [-0.05, 0) is 37.0 Å². The van der Waals surface area contributed by atoms with Crippen molar-refractivity contribution < 1.29 is 28.6 Å². The molecule has 6 heteroatoms. The molecule has 0 aliphatic carbocycles. The van der Waals surface area contributed by atoms with Gasteiger partial charge in [0.1, 0.15) is 13.2 Å². The third-order valence-corrected chi connectivity index (χ3v) is 13.4. The van der Waals surface area contributed by atoms with Crippen LogP contribution < -0.4 is 0 Å². The average Bonchev–Trinajstić information content (AvgIpc) is 3.26. The Labute approximate surface area is 406 Å². The predicted octanol–water partition coefficient (Wildman–Crippen LogP) is 19.1. The fourth-order valence-corrected chi connectivity index (χ4v) is 9.00. The fraction of sp³-hybridized carbons (Fsp3) is 0.949. The molecular weight excluding hydrogens is 805 g/mol. The molecule has 386 valence electrons. The zero-order valence-electron chi connectivity index (χ0n) is 44.8. The summed E-state index contributed by atoms with van der Waals surface area (Å²) in [6.45, 7) is 13.8. The Kier molecular flexibility index (Phi) is 49.1. The van der Waals surface area contributed by atoms with E-state index in [0.717, 1.165) is 75.5 Å². The number of carbonyl (C=O) groups excluding carboxylic acids is 3. The van der Waals surface area contributed by atoms with Crippen LogP contribution >= 0.6 is 0 Å². The van der Waals surface area contributed by atoms with Crippen LogP contribution in [0.15, 0.2) is 0 Å². The number of hydrogen-bond acceptors (Lipinski definition) is 6. The first-order valence-electron chi connectivity index (χ1n) is 29.1. The summed E-state index contributed by atoms with van der Waals surface area (Å²) in [7, 11) is 0. The van der Waals surface area contributed by atoms with E-state index >= 15 is 0 Å². The summed E-state index contributed by atoms with van der Waals surface area (Å²) in [6.07, 6.45) is 52.4. The van der Waals surface area contributed by atoms with Gasteiger partial charge in [-0.2, -0.15) is 0 Å². The van der Waals surface area contributed by atoms with Gasteiger partial charge in [-0.25, -0.2) is 0 Å².